The first-order chi connectivity index (χ1) is 10.8. The van der Waals surface area contributed by atoms with E-state index in [1.54, 1.807) is 12.1 Å². The molecule has 1 aliphatic heterocycles. The molecule has 0 saturated carbocycles. The van der Waals surface area contributed by atoms with Crippen LogP contribution in [0.3, 0.4) is 0 Å². The third kappa shape index (κ3) is 4.72. The number of carbonyl (C=O) groups excluding carboxylic acids is 1. The highest BCUT2D eigenvalue weighted by Gasteiger charge is 2.33. The van der Waals surface area contributed by atoms with Crippen molar-refractivity contribution in [1.82, 2.24) is 4.90 Å². The molecule has 128 valence electrons. The van der Waals surface area contributed by atoms with Gasteiger partial charge in [-0.1, -0.05) is 32.0 Å². The number of aryl methyl sites for hydroxylation is 1. The number of carbonyl (C=O) groups is 1. The minimum absolute atomic E-state index is 0.0281. The van der Waals surface area contributed by atoms with E-state index < -0.39 is 11.7 Å². The Bertz CT molecular complexity index is 539. The van der Waals surface area contributed by atoms with Crippen LogP contribution in [0, 0.1) is 11.8 Å². The van der Waals surface area contributed by atoms with Crippen LogP contribution < -0.4 is 0 Å². The van der Waals surface area contributed by atoms with Gasteiger partial charge < -0.3 is 4.90 Å². The molecule has 1 aromatic rings. The molecule has 0 aliphatic carbocycles. The van der Waals surface area contributed by atoms with Gasteiger partial charge in [0.1, 0.15) is 0 Å². The standard InChI is InChI=1S/C18H24F3NO/c1-13(2)17(23)22-11-5-6-14(12-22)9-10-15-7-3-4-8-16(15)18(19,20)21/h3-4,7-8,13-14H,5-6,9-12H2,1-2H3. The van der Waals surface area contributed by atoms with Gasteiger partial charge in [-0.3, -0.25) is 4.79 Å². The van der Waals surface area contributed by atoms with Crippen LogP contribution in [-0.4, -0.2) is 23.9 Å². The van der Waals surface area contributed by atoms with Crippen LogP contribution in [0.5, 0.6) is 0 Å². The van der Waals surface area contributed by atoms with Gasteiger partial charge in [-0.2, -0.15) is 13.2 Å². The van der Waals surface area contributed by atoms with Gasteiger partial charge in [-0.05, 0) is 43.2 Å². The Hall–Kier alpha value is -1.52. The second-order valence-electron chi connectivity index (χ2n) is 6.64. The highest BCUT2D eigenvalue weighted by molar-refractivity contribution is 5.78. The van der Waals surface area contributed by atoms with Crippen LogP contribution in [0.1, 0.15) is 44.2 Å². The first kappa shape index (κ1) is 17.8. The van der Waals surface area contributed by atoms with Crippen molar-refractivity contribution in [2.24, 2.45) is 11.8 Å². The lowest BCUT2D eigenvalue weighted by atomic mass is 9.90. The Kier molecular flexibility index (Phi) is 5.71. The molecule has 0 N–H and O–H groups in total. The molecule has 1 unspecified atom stereocenters. The Morgan fingerprint density at radius 1 is 1.30 bits per heavy atom. The molecule has 2 rings (SSSR count). The first-order valence-electron chi connectivity index (χ1n) is 8.23. The van der Waals surface area contributed by atoms with Crippen LogP contribution in [0.4, 0.5) is 13.2 Å². The molecule has 0 radical (unpaired) electrons. The van der Waals surface area contributed by atoms with Crippen molar-refractivity contribution in [1.29, 1.82) is 0 Å². The molecule has 0 spiro atoms. The summed E-state index contributed by atoms with van der Waals surface area (Å²) < 4.78 is 39.1. The van der Waals surface area contributed by atoms with Crippen LogP contribution >= 0.6 is 0 Å². The fourth-order valence-corrected chi connectivity index (χ4v) is 3.24. The predicted octanol–water partition coefficient (Wildman–Crippen LogP) is 4.53. The average molecular weight is 327 g/mol. The van der Waals surface area contributed by atoms with Crippen LogP contribution in [-0.2, 0) is 17.4 Å². The van der Waals surface area contributed by atoms with Gasteiger partial charge >= 0.3 is 6.18 Å². The highest BCUT2D eigenvalue weighted by atomic mass is 19.4. The Morgan fingerprint density at radius 2 is 2.00 bits per heavy atom. The normalized spacial score (nSPS) is 19.2. The molecule has 1 saturated heterocycles. The minimum atomic E-state index is -4.30. The Balaban J connectivity index is 1.98. The van der Waals surface area contributed by atoms with E-state index in [0.29, 0.717) is 24.9 Å². The number of amides is 1. The lowest BCUT2D eigenvalue weighted by Crippen LogP contribution is -2.42. The monoisotopic (exact) mass is 327 g/mol. The summed E-state index contributed by atoms with van der Waals surface area (Å²) in [6, 6.07) is 5.78. The van der Waals surface area contributed by atoms with Crippen LogP contribution in [0.25, 0.3) is 0 Å². The molecule has 1 atom stereocenters. The predicted molar refractivity (Wildman–Crippen MR) is 83.9 cm³/mol. The van der Waals surface area contributed by atoms with Gasteiger partial charge in [0.2, 0.25) is 5.91 Å². The van der Waals surface area contributed by atoms with E-state index in [0.717, 1.165) is 25.5 Å². The van der Waals surface area contributed by atoms with Crippen molar-refractivity contribution < 1.29 is 18.0 Å². The molecule has 1 heterocycles. The summed E-state index contributed by atoms with van der Waals surface area (Å²) in [4.78, 5) is 13.9. The number of halogens is 3. The van der Waals surface area contributed by atoms with Gasteiger partial charge in [0.25, 0.3) is 0 Å². The van der Waals surface area contributed by atoms with Gasteiger partial charge in [0.05, 0.1) is 5.56 Å². The SMILES string of the molecule is CC(C)C(=O)N1CCCC(CCc2ccccc2C(F)(F)F)C1. The molecule has 0 aromatic heterocycles. The van der Waals surface area contributed by atoms with E-state index in [9.17, 15) is 18.0 Å². The van der Waals surface area contributed by atoms with E-state index in [4.69, 9.17) is 0 Å². The fourth-order valence-electron chi connectivity index (χ4n) is 3.24. The number of nitrogens with zero attached hydrogens (tertiary/aromatic N) is 1. The zero-order valence-electron chi connectivity index (χ0n) is 13.7. The smallest absolute Gasteiger partial charge is 0.342 e. The molecular formula is C18H24F3NO. The zero-order valence-corrected chi connectivity index (χ0v) is 13.7. The Labute approximate surface area is 135 Å². The number of rotatable bonds is 4. The van der Waals surface area contributed by atoms with Crippen molar-refractivity contribution in [3.8, 4) is 0 Å². The number of piperidine rings is 1. The van der Waals surface area contributed by atoms with Gasteiger partial charge in [-0.25, -0.2) is 0 Å². The largest absolute Gasteiger partial charge is 0.416 e. The maximum Gasteiger partial charge on any atom is 0.416 e. The molecule has 5 heteroatoms. The molecule has 1 aromatic carbocycles. The van der Waals surface area contributed by atoms with E-state index in [1.165, 1.54) is 6.07 Å². The van der Waals surface area contributed by atoms with E-state index in [2.05, 4.69) is 0 Å². The summed E-state index contributed by atoms with van der Waals surface area (Å²) in [5.41, 5.74) is -0.182. The second kappa shape index (κ2) is 7.37. The molecule has 1 fully saturated rings. The first-order valence-corrected chi connectivity index (χ1v) is 8.23. The van der Waals surface area contributed by atoms with E-state index in [-0.39, 0.29) is 17.7 Å². The van der Waals surface area contributed by atoms with Crippen molar-refractivity contribution in [3.05, 3.63) is 35.4 Å². The molecule has 1 aliphatic rings. The van der Waals surface area contributed by atoms with Crippen LogP contribution in [0.2, 0.25) is 0 Å². The summed E-state index contributed by atoms with van der Waals surface area (Å²) in [6.45, 7) is 5.20. The van der Waals surface area contributed by atoms with Gasteiger partial charge in [0, 0.05) is 19.0 Å². The summed E-state index contributed by atoms with van der Waals surface area (Å²) >= 11 is 0. The Morgan fingerprint density at radius 3 is 2.65 bits per heavy atom. The lowest BCUT2D eigenvalue weighted by molar-refractivity contribution is -0.138. The third-order valence-electron chi connectivity index (χ3n) is 4.47. The molecular weight excluding hydrogens is 303 g/mol. The third-order valence-corrected chi connectivity index (χ3v) is 4.47. The summed E-state index contributed by atoms with van der Waals surface area (Å²) in [7, 11) is 0. The lowest BCUT2D eigenvalue weighted by Gasteiger charge is -2.34. The number of alkyl halides is 3. The fraction of sp³-hybridized carbons (Fsp3) is 0.611. The van der Waals surface area contributed by atoms with Crippen molar-refractivity contribution in [2.75, 3.05) is 13.1 Å². The van der Waals surface area contributed by atoms with Gasteiger partial charge in [0.15, 0.2) is 0 Å². The second-order valence-corrected chi connectivity index (χ2v) is 6.64. The maximum atomic E-state index is 13.0. The summed E-state index contributed by atoms with van der Waals surface area (Å²) in [5, 5.41) is 0. The quantitative estimate of drug-likeness (QED) is 0.795. The number of hydrogen-bond donors (Lipinski definition) is 0. The van der Waals surface area contributed by atoms with Crippen LogP contribution in [0.15, 0.2) is 24.3 Å². The van der Waals surface area contributed by atoms with E-state index >= 15 is 0 Å². The topological polar surface area (TPSA) is 20.3 Å². The molecule has 1 amide bonds. The molecule has 0 bridgehead atoms. The average Bonchev–Trinajstić information content (AvgIpc) is 2.51. The van der Waals surface area contributed by atoms with Gasteiger partial charge in [-0.15, -0.1) is 0 Å². The maximum absolute atomic E-state index is 13.0. The minimum Gasteiger partial charge on any atom is -0.342 e. The van der Waals surface area contributed by atoms with E-state index in [1.807, 2.05) is 18.7 Å². The number of likely N-dealkylation sites (tertiary alicyclic amines) is 1. The zero-order chi connectivity index (χ0) is 17.0. The number of benzene rings is 1. The molecule has 23 heavy (non-hydrogen) atoms. The molecule has 2 nitrogen and oxygen atoms in total. The van der Waals surface area contributed by atoms with Crippen molar-refractivity contribution >= 4 is 5.91 Å². The summed E-state index contributed by atoms with van der Waals surface area (Å²) in [6.07, 6.45) is -1.29. The van der Waals surface area contributed by atoms with Crippen molar-refractivity contribution in [3.63, 3.8) is 0 Å². The van der Waals surface area contributed by atoms with Crippen molar-refractivity contribution in [2.45, 2.75) is 45.7 Å². The summed E-state index contributed by atoms with van der Waals surface area (Å²) in [5.74, 6) is 0.401. The number of hydrogen-bond acceptors (Lipinski definition) is 1. The highest BCUT2D eigenvalue weighted by Crippen LogP contribution is 2.33.